The van der Waals surface area contributed by atoms with Gasteiger partial charge in [0, 0.05) is 12.0 Å². The van der Waals surface area contributed by atoms with Crippen LogP contribution in [0.1, 0.15) is 63.7 Å². The highest BCUT2D eigenvalue weighted by Gasteiger charge is 2.36. The van der Waals surface area contributed by atoms with Crippen LogP contribution in [0.4, 0.5) is 0 Å². The Hall–Kier alpha value is -1.29. The topological polar surface area (TPSA) is 68.3 Å². The molecule has 0 saturated carbocycles. The molecule has 4 heteroatoms. The lowest BCUT2D eigenvalue weighted by atomic mass is 9.74. The summed E-state index contributed by atoms with van der Waals surface area (Å²) in [5, 5.41) is 3.14. The van der Waals surface area contributed by atoms with Crippen molar-refractivity contribution in [2.45, 2.75) is 66.0 Å². The van der Waals surface area contributed by atoms with Gasteiger partial charge in [0.25, 0.3) is 0 Å². The van der Waals surface area contributed by atoms with Gasteiger partial charge in [-0.1, -0.05) is 34.1 Å². The standard InChI is InChI=1S/C17H28N2O2/c1-6-10(2)15(18)16(20)19-13-8-17(4,5)9-14-12(13)7-11(3)21-14/h7,10,13,15H,6,8-9,18H2,1-5H3,(H,19,20)/t10?,13?,15-/m0/s1. The summed E-state index contributed by atoms with van der Waals surface area (Å²) in [4.78, 5) is 12.4. The summed E-state index contributed by atoms with van der Waals surface area (Å²) in [5.74, 6) is 2.04. The minimum atomic E-state index is -0.448. The lowest BCUT2D eigenvalue weighted by Crippen LogP contribution is -2.47. The number of nitrogens with one attached hydrogen (secondary N) is 1. The minimum absolute atomic E-state index is 0.00352. The molecule has 2 unspecified atom stereocenters. The first kappa shape index (κ1) is 16.1. The van der Waals surface area contributed by atoms with Crippen LogP contribution in [0.5, 0.6) is 0 Å². The molecule has 1 aromatic rings. The number of hydrogen-bond acceptors (Lipinski definition) is 3. The second-order valence-electron chi connectivity index (χ2n) is 7.25. The molecule has 0 bridgehead atoms. The second kappa shape index (κ2) is 5.84. The van der Waals surface area contributed by atoms with Gasteiger partial charge in [-0.15, -0.1) is 0 Å². The van der Waals surface area contributed by atoms with Gasteiger partial charge >= 0.3 is 0 Å². The van der Waals surface area contributed by atoms with Crippen molar-refractivity contribution < 1.29 is 9.21 Å². The lowest BCUT2D eigenvalue weighted by Gasteiger charge is -2.35. The maximum absolute atomic E-state index is 12.4. The Morgan fingerprint density at radius 2 is 2.24 bits per heavy atom. The molecule has 2 rings (SSSR count). The molecule has 3 atom stereocenters. The molecule has 1 aliphatic rings. The molecule has 1 amide bonds. The van der Waals surface area contributed by atoms with Gasteiger partial charge in [-0.25, -0.2) is 0 Å². The highest BCUT2D eigenvalue weighted by Crippen LogP contribution is 2.42. The van der Waals surface area contributed by atoms with Gasteiger partial charge in [-0.2, -0.15) is 0 Å². The van der Waals surface area contributed by atoms with Crippen LogP contribution in [0.2, 0.25) is 0 Å². The molecule has 3 N–H and O–H groups in total. The smallest absolute Gasteiger partial charge is 0.237 e. The van der Waals surface area contributed by atoms with Crippen molar-refractivity contribution in [2.24, 2.45) is 17.1 Å². The van der Waals surface area contributed by atoms with Gasteiger partial charge in [0.05, 0.1) is 12.1 Å². The number of furan rings is 1. The molecule has 0 saturated heterocycles. The van der Waals surface area contributed by atoms with Crippen LogP contribution in [0, 0.1) is 18.3 Å². The van der Waals surface area contributed by atoms with E-state index in [1.165, 1.54) is 0 Å². The summed E-state index contributed by atoms with van der Waals surface area (Å²) in [7, 11) is 0. The van der Waals surface area contributed by atoms with E-state index in [-0.39, 0.29) is 23.3 Å². The van der Waals surface area contributed by atoms with Crippen molar-refractivity contribution in [2.75, 3.05) is 0 Å². The van der Waals surface area contributed by atoms with E-state index in [1.54, 1.807) is 0 Å². The van der Waals surface area contributed by atoms with Crippen LogP contribution in [0.15, 0.2) is 10.5 Å². The maximum atomic E-state index is 12.4. The molecule has 1 aliphatic carbocycles. The summed E-state index contributed by atoms with van der Waals surface area (Å²) in [6, 6.07) is 1.60. The van der Waals surface area contributed by atoms with E-state index in [9.17, 15) is 4.79 Å². The lowest BCUT2D eigenvalue weighted by molar-refractivity contribution is -0.124. The predicted octanol–water partition coefficient (Wildman–Crippen LogP) is 3.09. The monoisotopic (exact) mass is 292 g/mol. The van der Waals surface area contributed by atoms with Crippen molar-refractivity contribution in [3.63, 3.8) is 0 Å². The summed E-state index contributed by atoms with van der Waals surface area (Å²) in [6.45, 7) is 10.4. The minimum Gasteiger partial charge on any atom is -0.466 e. The first-order chi connectivity index (χ1) is 9.73. The van der Waals surface area contributed by atoms with E-state index in [1.807, 2.05) is 19.9 Å². The molecule has 1 heterocycles. The SMILES string of the molecule is CCC(C)[C@H](N)C(=O)NC1CC(C)(C)Cc2oc(C)cc21. The molecule has 0 fully saturated rings. The van der Waals surface area contributed by atoms with Crippen molar-refractivity contribution in [1.82, 2.24) is 5.32 Å². The van der Waals surface area contributed by atoms with Gasteiger partial charge in [0.2, 0.25) is 5.91 Å². The Bertz CT molecular complexity index is 519. The molecule has 1 aromatic heterocycles. The average molecular weight is 292 g/mol. The average Bonchev–Trinajstić information content (AvgIpc) is 2.75. The summed E-state index contributed by atoms with van der Waals surface area (Å²) < 4.78 is 5.80. The van der Waals surface area contributed by atoms with Crippen molar-refractivity contribution in [3.05, 3.63) is 23.2 Å². The third kappa shape index (κ3) is 3.49. The van der Waals surface area contributed by atoms with Gasteiger partial charge in [-0.3, -0.25) is 4.79 Å². The van der Waals surface area contributed by atoms with Crippen molar-refractivity contribution in [1.29, 1.82) is 0 Å². The molecule has 0 radical (unpaired) electrons. The molecule has 0 aliphatic heterocycles. The summed E-state index contributed by atoms with van der Waals surface area (Å²) >= 11 is 0. The molecule has 0 spiro atoms. The molecular weight excluding hydrogens is 264 g/mol. The quantitative estimate of drug-likeness (QED) is 0.896. The number of hydrogen-bond donors (Lipinski definition) is 2. The van der Waals surface area contributed by atoms with Gasteiger partial charge in [-0.05, 0) is 30.7 Å². The number of carbonyl (C=O) groups excluding carboxylic acids is 1. The van der Waals surface area contributed by atoms with E-state index in [0.717, 1.165) is 36.3 Å². The molecule has 21 heavy (non-hydrogen) atoms. The predicted molar refractivity (Wildman–Crippen MR) is 83.9 cm³/mol. The number of carbonyl (C=O) groups is 1. The fourth-order valence-corrected chi connectivity index (χ4v) is 3.09. The largest absolute Gasteiger partial charge is 0.466 e. The molecule has 118 valence electrons. The van der Waals surface area contributed by atoms with Crippen LogP contribution in [0.25, 0.3) is 0 Å². The first-order valence-corrected chi connectivity index (χ1v) is 7.88. The highest BCUT2D eigenvalue weighted by atomic mass is 16.3. The zero-order chi connectivity index (χ0) is 15.8. The Labute approximate surface area is 127 Å². The summed E-state index contributed by atoms with van der Waals surface area (Å²) in [5.41, 5.74) is 7.29. The van der Waals surface area contributed by atoms with E-state index in [0.29, 0.717) is 0 Å². The van der Waals surface area contributed by atoms with Crippen LogP contribution in [-0.2, 0) is 11.2 Å². The van der Waals surface area contributed by atoms with E-state index in [2.05, 4.69) is 26.1 Å². The van der Waals surface area contributed by atoms with Crippen LogP contribution >= 0.6 is 0 Å². The van der Waals surface area contributed by atoms with Crippen LogP contribution in [0.3, 0.4) is 0 Å². The highest BCUT2D eigenvalue weighted by molar-refractivity contribution is 5.82. The number of aryl methyl sites for hydroxylation is 1. The first-order valence-electron chi connectivity index (χ1n) is 7.88. The van der Waals surface area contributed by atoms with E-state index in [4.69, 9.17) is 10.2 Å². The fraction of sp³-hybridized carbons (Fsp3) is 0.706. The number of rotatable bonds is 4. The van der Waals surface area contributed by atoms with Crippen LogP contribution in [-0.4, -0.2) is 11.9 Å². The Kier molecular flexibility index (Phi) is 4.47. The van der Waals surface area contributed by atoms with Gasteiger partial charge in [0.1, 0.15) is 11.5 Å². The van der Waals surface area contributed by atoms with E-state index >= 15 is 0 Å². The zero-order valence-electron chi connectivity index (χ0n) is 13.8. The number of fused-ring (bicyclic) bond motifs is 1. The molecular formula is C17H28N2O2. The third-order valence-corrected chi connectivity index (χ3v) is 4.61. The number of nitrogens with two attached hydrogens (primary N) is 1. The number of amides is 1. The van der Waals surface area contributed by atoms with Gasteiger partial charge in [0.15, 0.2) is 0 Å². The van der Waals surface area contributed by atoms with Crippen molar-refractivity contribution in [3.8, 4) is 0 Å². The second-order valence-corrected chi connectivity index (χ2v) is 7.25. The van der Waals surface area contributed by atoms with E-state index < -0.39 is 6.04 Å². The zero-order valence-corrected chi connectivity index (χ0v) is 13.8. The summed E-state index contributed by atoms with van der Waals surface area (Å²) in [6.07, 6.45) is 2.73. The Morgan fingerprint density at radius 1 is 1.57 bits per heavy atom. The maximum Gasteiger partial charge on any atom is 0.237 e. The fourth-order valence-electron chi connectivity index (χ4n) is 3.09. The third-order valence-electron chi connectivity index (χ3n) is 4.61. The normalized spacial score (nSPS) is 23.2. The molecule has 4 nitrogen and oxygen atoms in total. The Morgan fingerprint density at radius 3 is 2.86 bits per heavy atom. The van der Waals surface area contributed by atoms with Gasteiger partial charge < -0.3 is 15.5 Å². The molecule has 0 aromatic carbocycles. The van der Waals surface area contributed by atoms with Crippen molar-refractivity contribution >= 4 is 5.91 Å². The Balaban J connectivity index is 2.18. The van der Waals surface area contributed by atoms with Crippen LogP contribution < -0.4 is 11.1 Å².